The molecule has 6 heteroatoms. The lowest BCUT2D eigenvalue weighted by Crippen LogP contribution is -2.08. The quantitative estimate of drug-likeness (QED) is 0.610. The molecule has 0 N–H and O–H groups in total. The fourth-order valence-corrected chi connectivity index (χ4v) is 2.10. The number of isocyanates is 1. The van der Waals surface area contributed by atoms with Crippen LogP contribution >= 0.6 is 0 Å². The number of methoxy groups -OCH3 is 2. The number of nitrogens with zero attached hydrogens (tertiary/aromatic N) is 1. The molecular weight excluding hydrogens is 256 g/mol. The molecule has 0 amide bonds. The van der Waals surface area contributed by atoms with Gasteiger partial charge in [0.05, 0.1) is 14.2 Å². The van der Waals surface area contributed by atoms with E-state index in [0.29, 0.717) is 24.2 Å². The molecule has 4 nitrogen and oxygen atoms in total. The molecule has 0 saturated heterocycles. The van der Waals surface area contributed by atoms with Crippen molar-refractivity contribution in [1.29, 1.82) is 0 Å². The largest absolute Gasteiger partial charge is 0.493 e. The van der Waals surface area contributed by atoms with E-state index in [-0.39, 0.29) is 11.3 Å². The van der Waals surface area contributed by atoms with Crippen LogP contribution in [0, 0.1) is 0 Å². The molecule has 1 fully saturated rings. The fraction of sp³-hybridized carbons (Fsp3) is 0.462. The number of ether oxygens (including phenoxy) is 2. The van der Waals surface area contributed by atoms with E-state index >= 15 is 0 Å². The average molecular weight is 269 g/mol. The van der Waals surface area contributed by atoms with E-state index in [4.69, 9.17) is 9.47 Å². The SMILES string of the molecule is COc1cc(C(F)F)cc(C2(N=C=O)CC2)c1OC. The van der Waals surface area contributed by atoms with Crippen molar-refractivity contribution >= 4 is 6.08 Å². The molecule has 0 heterocycles. The topological polar surface area (TPSA) is 47.9 Å². The van der Waals surface area contributed by atoms with E-state index < -0.39 is 12.0 Å². The highest BCUT2D eigenvalue weighted by molar-refractivity contribution is 5.56. The second kappa shape index (κ2) is 4.97. The van der Waals surface area contributed by atoms with Gasteiger partial charge in [-0.15, -0.1) is 0 Å². The summed E-state index contributed by atoms with van der Waals surface area (Å²) in [6, 6.07) is 2.55. The van der Waals surface area contributed by atoms with Crippen LogP contribution in [0.3, 0.4) is 0 Å². The molecule has 102 valence electrons. The van der Waals surface area contributed by atoms with E-state index in [1.54, 1.807) is 0 Å². The van der Waals surface area contributed by atoms with Crippen LogP contribution in [0.1, 0.15) is 30.4 Å². The number of hydrogen-bond acceptors (Lipinski definition) is 4. The minimum absolute atomic E-state index is 0.181. The molecule has 1 aliphatic rings. The first-order valence-corrected chi connectivity index (χ1v) is 5.71. The predicted molar refractivity (Wildman–Crippen MR) is 63.5 cm³/mol. The minimum atomic E-state index is -2.63. The Morgan fingerprint density at radius 1 is 1.32 bits per heavy atom. The van der Waals surface area contributed by atoms with Gasteiger partial charge >= 0.3 is 0 Å². The van der Waals surface area contributed by atoms with Crippen molar-refractivity contribution in [3.63, 3.8) is 0 Å². The first kappa shape index (κ1) is 13.5. The molecule has 2 rings (SSSR count). The molecule has 0 bridgehead atoms. The Morgan fingerprint density at radius 3 is 2.42 bits per heavy atom. The summed E-state index contributed by atoms with van der Waals surface area (Å²) in [5.41, 5.74) is -0.515. The van der Waals surface area contributed by atoms with Gasteiger partial charge in [0.1, 0.15) is 5.54 Å². The van der Waals surface area contributed by atoms with Crippen LogP contribution in [0.5, 0.6) is 11.5 Å². The molecule has 0 radical (unpaired) electrons. The number of alkyl halides is 2. The first-order chi connectivity index (χ1) is 9.07. The van der Waals surface area contributed by atoms with Gasteiger partial charge in [0.25, 0.3) is 6.43 Å². The predicted octanol–water partition coefficient (Wildman–Crippen LogP) is 2.97. The Morgan fingerprint density at radius 2 is 2.00 bits per heavy atom. The van der Waals surface area contributed by atoms with E-state index in [1.807, 2.05) is 0 Å². The standard InChI is InChI=1S/C13H13F2NO3/c1-18-10-6-8(12(14)15)5-9(11(10)19-2)13(3-4-13)16-7-17/h5-6,12H,3-4H2,1-2H3. The summed E-state index contributed by atoms with van der Waals surface area (Å²) in [6.07, 6.45) is 0.0787. The molecule has 1 saturated carbocycles. The van der Waals surface area contributed by atoms with Gasteiger partial charge in [-0.2, -0.15) is 4.99 Å². The van der Waals surface area contributed by atoms with E-state index in [9.17, 15) is 13.6 Å². The molecule has 1 aromatic rings. The molecule has 0 aliphatic heterocycles. The van der Waals surface area contributed by atoms with Crippen molar-refractivity contribution in [2.24, 2.45) is 4.99 Å². The summed E-state index contributed by atoms with van der Waals surface area (Å²) in [5, 5.41) is 0. The molecule has 19 heavy (non-hydrogen) atoms. The van der Waals surface area contributed by atoms with Gasteiger partial charge in [0, 0.05) is 11.1 Å². The Hall–Kier alpha value is -1.94. The van der Waals surface area contributed by atoms with Gasteiger partial charge < -0.3 is 9.47 Å². The molecular formula is C13H13F2NO3. The normalized spacial score (nSPS) is 15.8. The average Bonchev–Trinajstić information content (AvgIpc) is 3.18. The Kier molecular flexibility index (Phi) is 3.53. The maximum atomic E-state index is 12.9. The zero-order valence-corrected chi connectivity index (χ0v) is 10.6. The van der Waals surface area contributed by atoms with Crippen LogP contribution in [0.2, 0.25) is 0 Å². The number of rotatable bonds is 5. The highest BCUT2D eigenvalue weighted by atomic mass is 19.3. The summed E-state index contributed by atoms with van der Waals surface area (Å²) >= 11 is 0. The monoisotopic (exact) mass is 269 g/mol. The summed E-state index contributed by atoms with van der Waals surface area (Å²) in [5.74, 6) is 0.547. The van der Waals surface area contributed by atoms with E-state index in [1.165, 1.54) is 32.4 Å². The first-order valence-electron chi connectivity index (χ1n) is 5.71. The van der Waals surface area contributed by atoms with Gasteiger partial charge in [0.2, 0.25) is 6.08 Å². The van der Waals surface area contributed by atoms with Crippen LogP contribution in [-0.4, -0.2) is 20.3 Å². The summed E-state index contributed by atoms with van der Waals surface area (Å²) in [7, 11) is 2.80. The zero-order valence-electron chi connectivity index (χ0n) is 10.6. The Labute approximate surface area is 109 Å². The van der Waals surface area contributed by atoms with Gasteiger partial charge in [-0.25, -0.2) is 13.6 Å². The van der Waals surface area contributed by atoms with E-state index in [0.717, 1.165) is 0 Å². The number of carbonyl (C=O) groups excluding carboxylic acids is 1. The Balaban J connectivity index is 2.63. The minimum Gasteiger partial charge on any atom is -0.493 e. The molecule has 1 aliphatic carbocycles. The highest BCUT2D eigenvalue weighted by Crippen LogP contribution is 2.54. The van der Waals surface area contributed by atoms with Crippen molar-refractivity contribution in [3.05, 3.63) is 23.3 Å². The summed E-state index contributed by atoms with van der Waals surface area (Å²) in [4.78, 5) is 14.2. The van der Waals surface area contributed by atoms with Crippen molar-refractivity contribution in [3.8, 4) is 11.5 Å². The maximum absolute atomic E-state index is 12.9. The van der Waals surface area contributed by atoms with E-state index in [2.05, 4.69) is 4.99 Å². The third-order valence-corrected chi connectivity index (χ3v) is 3.24. The van der Waals surface area contributed by atoms with Crippen molar-refractivity contribution in [1.82, 2.24) is 0 Å². The molecule has 0 aromatic heterocycles. The fourth-order valence-electron chi connectivity index (χ4n) is 2.10. The lowest BCUT2D eigenvalue weighted by Gasteiger charge is -2.18. The third kappa shape index (κ3) is 2.31. The second-order valence-corrected chi connectivity index (χ2v) is 4.34. The molecule has 1 aromatic carbocycles. The number of halogens is 2. The van der Waals surface area contributed by atoms with Gasteiger partial charge in [0.15, 0.2) is 11.5 Å². The lowest BCUT2D eigenvalue weighted by atomic mass is 10.00. The number of hydrogen-bond donors (Lipinski definition) is 0. The van der Waals surface area contributed by atoms with Crippen molar-refractivity contribution < 1.29 is 23.0 Å². The highest BCUT2D eigenvalue weighted by Gasteiger charge is 2.48. The second-order valence-electron chi connectivity index (χ2n) is 4.34. The van der Waals surface area contributed by atoms with Gasteiger partial charge in [-0.3, -0.25) is 0 Å². The molecule has 0 unspecified atom stereocenters. The van der Waals surface area contributed by atoms with Crippen LogP contribution in [-0.2, 0) is 10.3 Å². The maximum Gasteiger partial charge on any atom is 0.263 e. The molecule has 0 spiro atoms. The van der Waals surface area contributed by atoms with Crippen molar-refractivity contribution in [2.75, 3.05) is 14.2 Å². The number of aliphatic imine (C=N–C) groups is 1. The summed E-state index contributed by atoms with van der Waals surface area (Å²) < 4.78 is 36.1. The lowest BCUT2D eigenvalue weighted by molar-refractivity contribution is 0.150. The van der Waals surface area contributed by atoms with Crippen molar-refractivity contribution in [2.45, 2.75) is 24.8 Å². The summed E-state index contributed by atoms with van der Waals surface area (Å²) in [6.45, 7) is 0. The van der Waals surface area contributed by atoms with Crippen LogP contribution in [0.4, 0.5) is 8.78 Å². The third-order valence-electron chi connectivity index (χ3n) is 3.24. The van der Waals surface area contributed by atoms with Crippen LogP contribution in [0.15, 0.2) is 17.1 Å². The molecule has 0 atom stereocenters. The van der Waals surface area contributed by atoms with Crippen LogP contribution < -0.4 is 9.47 Å². The zero-order chi connectivity index (χ0) is 14.0. The van der Waals surface area contributed by atoms with Gasteiger partial charge in [-0.1, -0.05) is 0 Å². The van der Waals surface area contributed by atoms with Crippen LogP contribution in [0.25, 0.3) is 0 Å². The Bertz CT molecular complexity index is 535. The number of benzene rings is 1. The smallest absolute Gasteiger partial charge is 0.263 e. The van der Waals surface area contributed by atoms with Gasteiger partial charge in [-0.05, 0) is 25.0 Å².